The lowest BCUT2D eigenvalue weighted by atomic mass is 10.0. The Labute approximate surface area is 134 Å². The van der Waals surface area contributed by atoms with Gasteiger partial charge in [0.1, 0.15) is 0 Å². The van der Waals surface area contributed by atoms with Gasteiger partial charge in [-0.25, -0.2) is 4.99 Å². The minimum absolute atomic E-state index is 0.151. The molecule has 0 aliphatic carbocycles. The number of nitro benzene ring substituents is 1. The SMILES string of the molecule is CC1(Br)C([SH2]c2ccccc2[N+](=O)[O-])=Nc2ccccc21. The van der Waals surface area contributed by atoms with Crippen LogP contribution in [0, 0.1) is 10.1 Å². The minimum atomic E-state index is -0.369. The van der Waals surface area contributed by atoms with Crippen LogP contribution in [0.25, 0.3) is 0 Å². The molecule has 108 valence electrons. The van der Waals surface area contributed by atoms with E-state index in [9.17, 15) is 10.1 Å². The van der Waals surface area contributed by atoms with Gasteiger partial charge < -0.3 is 0 Å². The maximum Gasteiger partial charge on any atom is 0.281 e. The van der Waals surface area contributed by atoms with Crippen molar-refractivity contribution in [1.29, 1.82) is 0 Å². The van der Waals surface area contributed by atoms with Crippen molar-refractivity contribution >= 4 is 44.1 Å². The lowest BCUT2D eigenvalue weighted by molar-refractivity contribution is -0.387. The molecule has 0 aromatic heterocycles. The third-order valence-corrected chi connectivity index (χ3v) is 6.15. The Balaban J connectivity index is 2.00. The molecule has 3 rings (SSSR count). The standard InChI is InChI=1S/C15H13BrN2O2S/c1-15(16)10-6-2-3-7-11(10)17-14(15)21-13-9-5-4-8-12(13)18(19)20/h2-9H,21H2,1H3. The van der Waals surface area contributed by atoms with Crippen LogP contribution < -0.4 is 0 Å². The molecule has 21 heavy (non-hydrogen) atoms. The normalized spacial score (nSPS) is 21.0. The first-order valence-electron chi connectivity index (χ1n) is 6.38. The zero-order valence-electron chi connectivity index (χ0n) is 11.2. The Morgan fingerprint density at radius 3 is 2.57 bits per heavy atom. The summed E-state index contributed by atoms with van der Waals surface area (Å²) in [6, 6.07) is 14.8. The topological polar surface area (TPSA) is 55.5 Å². The number of rotatable bonds is 2. The number of hydrogen-bond donors (Lipinski definition) is 0. The predicted molar refractivity (Wildman–Crippen MR) is 91.6 cm³/mol. The van der Waals surface area contributed by atoms with E-state index in [2.05, 4.69) is 20.9 Å². The maximum atomic E-state index is 11.1. The molecule has 2 aromatic carbocycles. The number of benzene rings is 2. The summed E-state index contributed by atoms with van der Waals surface area (Å²) in [6.45, 7) is 2.04. The van der Waals surface area contributed by atoms with Crippen LogP contribution in [0.4, 0.5) is 11.4 Å². The summed E-state index contributed by atoms with van der Waals surface area (Å²) >= 11 is 3.89. The molecule has 1 aliphatic rings. The zero-order valence-corrected chi connectivity index (χ0v) is 13.8. The summed E-state index contributed by atoms with van der Waals surface area (Å²) in [5, 5.41) is 12.0. The Morgan fingerprint density at radius 1 is 1.19 bits per heavy atom. The first-order valence-corrected chi connectivity index (χ1v) is 8.17. The highest BCUT2D eigenvalue weighted by Crippen LogP contribution is 2.49. The number of para-hydroxylation sites is 2. The Morgan fingerprint density at radius 2 is 1.86 bits per heavy atom. The summed E-state index contributed by atoms with van der Waals surface area (Å²) in [6.07, 6.45) is 0. The van der Waals surface area contributed by atoms with Gasteiger partial charge in [-0.3, -0.25) is 10.1 Å². The fourth-order valence-corrected chi connectivity index (χ4v) is 4.34. The molecule has 0 saturated carbocycles. The Bertz CT molecular complexity index is 759. The highest BCUT2D eigenvalue weighted by molar-refractivity contribution is 9.10. The number of alkyl halides is 1. The number of nitro groups is 1. The first kappa shape index (κ1) is 14.3. The van der Waals surface area contributed by atoms with Gasteiger partial charge in [0, 0.05) is 11.6 Å². The predicted octanol–water partition coefficient (Wildman–Crippen LogP) is 4.51. The molecule has 0 saturated heterocycles. The molecule has 0 bridgehead atoms. The lowest BCUT2D eigenvalue weighted by Gasteiger charge is -2.20. The summed E-state index contributed by atoms with van der Waals surface area (Å²) in [5.74, 6) is 0. The Hall–Kier alpha value is -1.66. The van der Waals surface area contributed by atoms with E-state index < -0.39 is 0 Å². The second kappa shape index (κ2) is 5.27. The van der Waals surface area contributed by atoms with Crippen LogP contribution in [-0.4, -0.2) is 9.97 Å². The zero-order chi connectivity index (χ0) is 15.0. The van der Waals surface area contributed by atoms with E-state index in [1.807, 2.05) is 37.3 Å². The van der Waals surface area contributed by atoms with Crippen molar-refractivity contribution in [1.82, 2.24) is 0 Å². The smallest absolute Gasteiger partial charge is 0.258 e. The molecule has 0 amide bonds. The van der Waals surface area contributed by atoms with Crippen LogP contribution in [0.15, 0.2) is 58.4 Å². The van der Waals surface area contributed by atoms with Crippen molar-refractivity contribution < 1.29 is 4.92 Å². The minimum Gasteiger partial charge on any atom is -0.258 e. The summed E-state index contributed by atoms with van der Waals surface area (Å²) in [4.78, 5) is 16.2. The number of hydrogen-bond acceptors (Lipinski definition) is 3. The Kier molecular flexibility index (Phi) is 3.59. The average molecular weight is 365 g/mol. The van der Waals surface area contributed by atoms with Gasteiger partial charge in [-0.15, -0.1) is 0 Å². The molecule has 0 fully saturated rings. The van der Waals surface area contributed by atoms with E-state index in [4.69, 9.17) is 0 Å². The van der Waals surface area contributed by atoms with E-state index in [1.54, 1.807) is 12.1 Å². The maximum absolute atomic E-state index is 11.1. The largest absolute Gasteiger partial charge is 0.281 e. The van der Waals surface area contributed by atoms with Gasteiger partial charge in [-0.2, -0.15) is 11.8 Å². The number of fused-ring (bicyclic) bond motifs is 1. The van der Waals surface area contributed by atoms with Gasteiger partial charge in [0.2, 0.25) is 0 Å². The summed E-state index contributed by atoms with van der Waals surface area (Å²) in [7, 11) is 0. The van der Waals surface area contributed by atoms with Crippen molar-refractivity contribution in [2.75, 3.05) is 0 Å². The van der Waals surface area contributed by atoms with Gasteiger partial charge in [0.05, 0.1) is 24.9 Å². The molecular weight excluding hydrogens is 352 g/mol. The molecule has 4 nitrogen and oxygen atoms in total. The molecule has 0 spiro atoms. The molecule has 6 heteroatoms. The molecule has 1 heterocycles. The lowest BCUT2D eigenvalue weighted by Crippen LogP contribution is -2.18. The van der Waals surface area contributed by atoms with E-state index in [0.29, 0.717) is 4.90 Å². The number of aliphatic imine (C=N–C) groups is 1. The molecule has 1 aliphatic heterocycles. The summed E-state index contributed by atoms with van der Waals surface area (Å²) in [5.41, 5.74) is 2.18. The van der Waals surface area contributed by atoms with Crippen LogP contribution >= 0.6 is 27.7 Å². The third-order valence-electron chi connectivity index (χ3n) is 3.44. The van der Waals surface area contributed by atoms with Crippen molar-refractivity contribution in [2.24, 2.45) is 4.99 Å². The van der Waals surface area contributed by atoms with E-state index in [1.165, 1.54) is 6.07 Å². The second-order valence-corrected chi connectivity index (χ2v) is 7.73. The quantitative estimate of drug-likeness (QED) is 0.447. The van der Waals surface area contributed by atoms with Gasteiger partial charge in [-0.1, -0.05) is 46.3 Å². The first-order chi connectivity index (χ1) is 10.00. The van der Waals surface area contributed by atoms with E-state index >= 15 is 0 Å². The van der Waals surface area contributed by atoms with Crippen LogP contribution in [-0.2, 0) is 4.32 Å². The molecule has 1 atom stereocenters. The number of nitrogens with zero attached hydrogens (tertiary/aromatic N) is 2. The highest BCUT2D eigenvalue weighted by atomic mass is 79.9. The third kappa shape index (κ3) is 2.49. The van der Waals surface area contributed by atoms with Crippen molar-refractivity contribution in [3.63, 3.8) is 0 Å². The van der Waals surface area contributed by atoms with Crippen molar-refractivity contribution in [3.8, 4) is 0 Å². The second-order valence-electron chi connectivity index (χ2n) is 4.88. The monoisotopic (exact) mass is 364 g/mol. The average Bonchev–Trinajstić information content (AvgIpc) is 2.71. The fraction of sp³-hybridized carbons (Fsp3) is 0.133. The van der Waals surface area contributed by atoms with E-state index in [-0.39, 0.29) is 26.7 Å². The van der Waals surface area contributed by atoms with Crippen molar-refractivity contribution in [2.45, 2.75) is 16.1 Å². The van der Waals surface area contributed by atoms with Gasteiger partial charge >= 0.3 is 0 Å². The molecule has 2 aromatic rings. The highest BCUT2D eigenvalue weighted by Gasteiger charge is 2.36. The van der Waals surface area contributed by atoms with Crippen molar-refractivity contribution in [3.05, 3.63) is 64.2 Å². The van der Waals surface area contributed by atoms with Gasteiger partial charge in [-0.05, 0) is 19.1 Å². The van der Waals surface area contributed by atoms with Crippen LogP contribution in [0.3, 0.4) is 0 Å². The van der Waals surface area contributed by atoms with Gasteiger partial charge in [0.15, 0.2) is 0 Å². The number of halogens is 1. The van der Waals surface area contributed by atoms with Gasteiger partial charge in [0.25, 0.3) is 5.69 Å². The molecular formula is C15H13BrN2O2S. The molecule has 0 radical (unpaired) electrons. The summed E-state index contributed by atoms with van der Waals surface area (Å²) < 4.78 is -0.369. The van der Waals surface area contributed by atoms with Crippen LogP contribution in [0.2, 0.25) is 0 Å². The van der Waals surface area contributed by atoms with Crippen LogP contribution in [0.5, 0.6) is 0 Å². The fourth-order valence-electron chi connectivity index (χ4n) is 2.33. The molecule has 0 N–H and O–H groups in total. The van der Waals surface area contributed by atoms with Crippen LogP contribution in [0.1, 0.15) is 12.5 Å². The van der Waals surface area contributed by atoms with E-state index in [0.717, 1.165) is 16.3 Å². The molecule has 1 unspecified atom stereocenters.